The first-order chi connectivity index (χ1) is 9.19. The van der Waals surface area contributed by atoms with Crippen LogP contribution >= 0.6 is 11.3 Å². The third kappa shape index (κ3) is 2.84. The van der Waals surface area contributed by atoms with Gasteiger partial charge in [-0.2, -0.15) is 0 Å². The topological polar surface area (TPSA) is 57.0 Å². The molecule has 0 saturated heterocycles. The summed E-state index contributed by atoms with van der Waals surface area (Å²) in [6.07, 6.45) is 1.74. The molecule has 6 heteroatoms. The summed E-state index contributed by atoms with van der Waals surface area (Å²) in [6, 6.07) is 4.23. The highest BCUT2D eigenvalue weighted by Gasteiger charge is 2.19. The number of hydrogen-bond donors (Lipinski definition) is 0. The van der Waals surface area contributed by atoms with Crippen molar-refractivity contribution in [1.29, 1.82) is 0 Å². The molecule has 19 heavy (non-hydrogen) atoms. The summed E-state index contributed by atoms with van der Waals surface area (Å²) in [5, 5.41) is 7.98. The van der Waals surface area contributed by atoms with E-state index in [2.05, 4.69) is 29.4 Å². The Bertz CT molecular complexity index is 574. The average Bonchev–Trinajstić information content (AvgIpc) is 3.04. The molecular weight excluding hydrogens is 262 g/mol. The van der Waals surface area contributed by atoms with E-state index in [-0.39, 0.29) is 0 Å². The molecule has 0 atom stereocenters. The van der Waals surface area contributed by atoms with Crippen molar-refractivity contribution in [2.75, 3.05) is 7.11 Å². The zero-order valence-corrected chi connectivity index (χ0v) is 12.2. The second kappa shape index (κ2) is 5.97. The smallest absolute Gasteiger partial charge is 0.360 e. The molecule has 0 aliphatic rings. The van der Waals surface area contributed by atoms with Gasteiger partial charge in [-0.3, -0.25) is 0 Å². The third-order valence-electron chi connectivity index (χ3n) is 2.92. The summed E-state index contributed by atoms with van der Waals surface area (Å²) in [7, 11) is 1.35. The summed E-state index contributed by atoms with van der Waals surface area (Å²) < 4.78 is 6.49. The van der Waals surface area contributed by atoms with E-state index < -0.39 is 5.97 Å². The van der Waals surface area contributed by atoms with Gasteiger partial charge in [0.2, 0.25) is 0 Å². The number of esters is 1. The highest BCUT2D eigenvalue weighted by Crippen LogP contribution is 2.19. The van der Waals surface area contributed by atoms with Crippen molar-refractivity contribution in [2.45, 2.75) is 33.2 Å². The molecule has 0 spiro atoms. The van der Waals surface area contributed by atoms with Gasteiger partial charge in [-0.05, 0) is 25.0 Å². The van der Waals surface area contributed by atoms with Crippen molar-refractivity contribution in [3.63, 3.8) is 0 Å². The quantitative estimate of drug-likeness (QED) is 0.788. The molecule has 0 radical (unpaired) electrons. The van der Waals surface area contributed by atoms with Crippen LogP contribution in [0.25, 0.3) is 0 Å². The van der Waals surface area contributed by atoms with Gasteiger partial charge >= 0.3 is 5.97 Å². The fourth-order valence-corrected chi connectivity index (χ4v) is 2.85. The molecule has 0 aliphatic heterocycles. The number of nitrogens with zero attached hydrogens (tertiary/aromatic N) is 3. The largest absolute Gasteiger partial charge is 0.464 e. The molecule has 2 heterocycles. The van der Waals surface area contributed by atoms with Crippen LogP contribution in [0.15, 0.2) is 12.1 Å². The van der Waals surface area contributed by atoms with Crippen molar-refractivity contribution in [2.24, 2.45) is 0 Å². The van der Waals surface area contributed by atoms with Gasteiger partial charge in [0.15, 0.2) is 5.69 Å². The number of aromatic nitrogens is 3. The van der Waals surface area contributed by atoms with E-state index in [1.165, 1.54) is 16.9 Å². The number of hydrogen-bond acceptors (Lipinski definition) is 5. The Morgan fingerprint density at radius 2 is 2.05 bits per heavy atom. The van der Waals surface area contributed by atoms with Gasteiger partial charge in [0.1, 0.15) is 0 Å². The number of carbonyl (C=O) groups is 1. The second-order valence-electron chi connectivity index (χ2n) is 4.11. The van der Waals surface area contributed by atoms with Crippen LogP contribution in [0.5, 0.6) is 0 Å². The molecule has 0 aliphatic carbocycles. The van der Waals surface area contributed by atoms with Crippen molar-refractivity contribution in [1.82, 2.24) is 15.0 Å². The first kappa shape index (κ1) is 13.7. The van der Waals surface area contributed by atoms with Crippen LogP contribution in [0.3, 0.4) is 0 Å². The molecule has 2 aromatic rings. The Kier molecular flexibility index (Phi) is 4.31. The predicted octanol–water partition coefficient (Wildman–Crippen LogP) is 2.30. The fourth-order valence-electron chi connectivity index (χ4n) is 1.91. The number of rotatable bonds is 5. The van der Waals surface area contributed by atoms with Crippen LogP contribution in [0, 0.1) is 0 Å². The SMILES string of the molecule is CCc1ccc(Cn2nnc(C(=O)OC)c2CC)s1. The molecule has 0 amide bonds. The van der Waals surface area contributed by atoms with Crippen LogP contribution in [-0.2, 0) is 24.1 Å². The van der Waals surface area contributed by atoms with Gasteiger partial charge in [-0.15, -0.1) is 16.4 Å². The van der Waals surface area contributed by atoms with Crippen LogP contribution in [0.2, 0.25) is 0 Å². The lowest BCUT2D eigenvalue weighted by Crippen LogP contribution is -2.09. The average molecular weight is 279 g/mol. The monoisotopic (exact) mass is 279 g/mol. The Hall–Kier alpha value is -1.69. The number of methoxy groups -OCH3 is 1. The first-order valence-electron chi connectivity index (χ1n) is 6.27. The van der Waals surface area contributed by atoms with Gasteiger partial charge in [0.25, 0.3) is 0 Å². The minimum absolute atomic E-state index is 0.317. The van der Waals surface area contributed by atoms with Crippen molar-refractivity contribution in [3.8, 4) is 0 Å². The minimum atomic E-state index is -0.427. The van der Waals surface area contributed by atoms with E-state index in [0.29, 0.717) is 18.7 Å². The fraction of sp³-hybridized carbons (Fsp3) is 0.462. The van der Waals surface area contributed by atoms with E-state index in [1.54, 1.807) is 16.0 Å². The zero-order chi connectivity index (χ0) is 13.8. The highest BCUT2D eigenvalue weighted by atomic mass is 32.1. The van der Waals surface area contributed by atoms with Gasteiger partial charge in [0, 0.05) is 9.75 Å². The number of aryl methyl sites for hydroxylation is 1. The van der Waals surface area contributed by atoms with Crippen LogP contribution in [0.4, 0.5) is 0 Å². The van der Waals surface area contributed by atoms with Crippen LogP contribution in [-0.4, -0.2) is 28.1 Å². The second-order valence-corrected chi connectivity index (χ2v) is 5.36. The number of ether oxygens (including phenoxy) is 1. The molecular formula is C13H17N3O2S. The molecule has 5 nitrogen and oxygen atoms in total. The highest BCUT2D eigenvalue weighted by molar-refractivity contribution is 7.11. The summed E-state index contributed by atoms with van der Waals surface area (Å²) in [4.78, 5) is 14.1. The molecule has 0 N–H and O–H groups in total. The molecule has 2 rings (SSSR count). The first-order valence-corrected chi connectivity index (χ1v) is 7.09. The van der Waals surface area contributed by atoms with Crippen LogP contribution < -0.4 is 0 Å². The third-order valence-corrected chi connectivity index (χ3v) is 4.14. The van der Waals surface area contributed by atoms with E-state index in [9.17, 15) is 4.79 Å². The molecule has 2 aromatic heterocycles. The molecule has 0 aromatic carbocycles. The zero-order valence-electron chi connectivity index (χ0n) is 11.3. The summed E-state index contributed by atoms with van der Waals surface area (Å²) in [5.74, 6) is -0.427. The summed E-state index contributed by atoms with van der Waals surface area (Å²) in [5.41, 5.74) is 1.13. The summed E-state index contributed by atoms with van der Waals surface area (Å²) >= 11 is 1.77. The Labute approximate surface area is 116 Å². The standard InChI is InChI=1S/C13H17N3O2S/c1-4-9-6-7-10(19-9)8-16-11(5-2)12(14-15-16)13(17)18-3/h6-7H,4-5,8H2,1-3H3. The predicted molar refractivity (Wildman–Crippen MR) is 73.5 cm³/mol. The van der Waals surface area contributed by atoms with E-state index in [4.69, 9.17) is 4.74 Å². The number of carbonyl (C=O) groups excluding carboxylic acids is 1. The maximum absolute atomic E-state index is 11.6. The van der Waals surface area contributed by atoms with Gasteiger partial charge < -0.3 is 4.74 Å². The Morgan fingerprint density at radius 1 is 1.32 bits per heavy atom. The lowest BCUT2D eigenvalue weighted by atomic mass is 10.2. The van der Waals surface area contributed by atoms with Crippen molar-refractivity contribution < 1.29 is 9.53 Å². The van der Waals surface area contributed by atoms with E-state index in [1.807, 2.05) is 6.92 Å². The minimum Gasteiger partial charge on any atom is -0.464 e. The lowest BCUT2D eigenvalue weighted by molar-refractivity contribution is 0.0592. The maximum atomic E-state index is 11.6. The molecule has 0 fully saturated rings. The van der Waals surface area contributed by atoms with E-state index in [0.717, 1.165) is 12.1 Å². The van der Waals surface area contributed by atoms with Crippen LogP contribution in [0.1, 0.15) is 39.8 Å². The van der Waals surface area contributed by atoms with Crippen molar-refractivity contribution in [3.05, 3.63) is 33.3 Å². The Balaban J connectivity index is 2.25. The van der Waals surface area contributed by atoms with Gasteiger partial charge in [0.05, 0.1) is 19.3 Å². The molecule has 102 valence electrons. The van der Waals surface area contributed by atoms with Crippen molar-refractivity contribution >= 4 is 17.3 Å². The lowest BCUT2D eigenvalue weighted by Gasteiger charge is -2.03. The number of thiophene rings is 1. The van der Waals surface area contributed by atoms with E-state index >= 15 is 0 Å². The summed E-state index contributed by atoms with van der Waals surface area (Å²) in [6.45, 7) is 4.77. The maximum Gasteiger partial charge on any atom is 0.360 e. The molecule has 0 bridgehead atoms. The molecule has 0 unspecified atom stereocenters. The normalized spacial score (nSPS) is 10.7. The van der Waals surface area contributed by atoms with Gasteiger partial charge in [-0.1, -0.05) is 19.1 Å². The molecule has 0 saturated carbocycles. The van der Waals surface area contributed by atoms with Gasteiger partial charge in [-0.25, -0.2) is 9.48 Å². The Morgan fingerprint density at radius 3 is 2.63 bits per heavy atom.